The summed E-state index contributed by atoms with van der Waals surface area (Å²) in [6.45, 7) is 0. The van der Waals surface area contributed by atoms with Crippen molar-refractivity contribution in [2.75, 3.05) is 0 Å². The van der Waals surface area contributed by atoms with E-state index in [1.807, 2.05) is 0 Å². The zero-order valence-electron chi connectivity index (χ0n) is 10.2. The van der Waals surface area contributed by atoms with Crippen molar-refractivity contribution in [3.05, 3.63) is 34.1 Å². The molecule has 0 radical (unpaired) electrons. The van der Waals surface area contributed by atoms with Gasteiger partial charge in [0.15, 0.2) is 0 Å². The molecule has 0 heterocycles. The highest BCUT2D eigenvalue weighted by atomic mass is 79.9. The molecule has 0 saturated heterocycles. The van der Waals surface area contributed by atoms with E-state index in [-0.39, 0.29) is 12.2 Å². The number of aliphatic hydroxyl groups is 2. The van der Waals surface area contributed by atoms with E-state index in [1.54, 1.807) is 12.1 Å². The van der Waals surface area contributed by atoms with Gasteiger partial charge in [-0.1, -0.05) is 31.4 Å². The normalized spacial score (nSPS) is 20.7. The molecule has 1 aliphatic carbocycles. The smallest absolute Gasteiger partial charge is 0.137 e. The highest BCUT2D eigenvalue weighted by Gasteiger charge is 2.36. The summed E-state index contributed by atoms with van der Waals surface area (Å²) in [5, 5.41) is 20.6. The van der Waals surface area contributed by atoms with Crippen molar-refractivity contribution < 1.29 is 14.6 Å². The molecule has 1 aromatic carbocycles. The Balaban J connectivity index is 2.10. The van der Waals surface area contributed by atoms with Gasteiger partial charge in [-0.25, -0.2) is 4.39 Å². The van der Waals surface area contributed by atoms with Crippen LogP contribution in [0.2, 0.25) is 0 Å². The average Bonchev–Trinajstić information content (AvgIpc) is 2.36. The van der Waals surface area contributed by atoms with Gasteiger partial charge >= 0.3 is 0 Å². The molecule has 1 fully saturated rings. The van der Waals surface area contributed by atoms with Gasteiger partial charge in [-0.3, -0.25) is 0 Å². The molecule has 0 aliphatic heterocycles. The predicted octanol–water partition coefficient (Wildman–Crippen LogP) is 3.19. The van der Waals surface area contributed by atoms with Gasteiger partial charge in [0, 0.05) is 6.42 Å². The Morgan fingerprint density at radius 2 is 1.94 bits per heavy atom. The molecule has 0 bridgehead atoms. The molecule has 2 nitrogen and oxygen atoms in total. The molecular weight excluding hydrogens is 299 g/mol. The second-order valence-corrected chi connectivity index (χ2v) is 5.89. The predicted molar refractivity (Wildman–Crippen MR) is 71.8 cm³/mol. The summed E-state index contributed by atoms with van der Waals surface area (Å²) in [7, 11) is 0. The first-order valence-electron chi connectivity index (χ1n) is 6.36. The Bertz CT molecular complexity index is 416. The molecule has 1 aliphatic rings. The summed E-state index contributed by atoms with van der Waals surface area (Å²) in [5.74, 6) is -0.338. The summed E-state index contributed by atoms with van der Waals surface area (Å²) >= 11 is 3.18. The Labute approximate surface area is 115 Å². The lowest BCUT2D eigenvalue weighted by molar-refractivity contribution is -0.0961. The number of hydrogen-bond acceptors (Lipinski definition) is 2. The standard InChI is InChI=1S/C14H18BrFO2/c15-13-10(5-4-6-11(13)16)9-12(17)14(18)7-2-1-3-8-14/h4-6,12,17-18H,1-3,7-9H2. The third kappa shape index (κ3) is 2.92. The minimum Gasteiger partial charge on any atom is -0.390 e. The SMILES string of the molecule is OC(Cc1cccc(F)c1Br)C1(O)CCCCC1. The fourth-order valence-corrected chi connectivity index (χ4v) is 3.03. The lowest BCUT2D eigenvalue weighted by Crippen LogP contribution is -2.45. The molecule has 0 spiro atoms. The van der Waals surface area contributed by atoms with Crippen molar-refractivity contribution in [2.24, 2.45) is 0 Å². The highest BCUT2D eigenvalue weighted by molar-refractivity contribution is 9.10. The van der Waals surface area contributed by atoms with E-state index < -0.39 is 11.7 Å². The topological polar surface area (TPSA) is 40.5 Å². The van der Waals surface area contributed by atoms with Crippen LogP contribution in [0.15, 0.2) is 22.7 Å². The Kier molecular flexibility index (Phi) is 4.41. The molecule has 2 N–H and O–H groups in total. The molecule has 1 unspecified atom stereocenters. The fourth-order valence-electron chi connectivity index (χ4n) is 2.60. The van der Waals surface area contributed by atoms with E-state index in [0.29, 0.717) is 22.9 Å². The Morgan fingerprint density at radius 1 is 1.28 bits per heavy atom. The summed E-state index contributed by atoms with van der Waals surface area (Å²) in [6.07, 6.45) is 3.68. The fraction of sp³-hybridized carbons (Fsp3) is 0.571. The molecule has 1 aromatic rings. The molecule has 0 amide bonds. The van der Waals surface area contributed by atoms with Crippen LogP contribution in [0.4, 0.5) is 4.39 Å². The van der Waals surface area contributed by atoms with Crippen LogP contribution in [0.5, 0.6) is 0 Å². The Hall–Kier alpha value is -0.450. The molecular formula is C14H18BrFO2. The highest BCUT2D eigenvalue weighted by Crippen LogP contribution is 2.33. The maximum Gasteiger partial charge on any atom is 0.137 e. The van der Waals surface area contributed by atoms with Crippen molar-refractivity contribution in [1.29, 1.82) is 0 Å². The van der Waals surface area contributed by atoms with Crippen molar-refractivity contribution in [3.63, 3.8) is 0 Å². The number of benzene rings is 1. The zero-order chi connectivity index (χ0) is 13.2. The van der Waals surface area contributed by atoms with Crippen molar-refractivity contribution in [1.82, 2.24) is 0 Å². The summed E-state index contributed by atoms with van der Waals surface area (Å²) in [5.41, 5.74) is -0.314. The molecule has 1 saturated carbocycles. The van der Waals surface area contributed by atoms with Crippen LogP contribution in [0, 0.1) is 5.82 Å². The second kappa shape index (κ2) is 5.68. The average molecular weight is 317 g/mol. The van der Waals surface area contributed by atoms with Crippen molar-refractivity contribution >= 4 is 15.9 Å². The van der Waals surface area contributed by atoms with Crippen LogP contribution in [0.1, 0.15) is 37.7 Å². The van der Waals surface area contributed by atoms with Gasteiger partial charge in [-0.15, -0.1) is 0 Å². The lowest BCUT2D eigenvalue weighted by Gasteiger charge is -2.36. The molecule has 18 heavy (non-hydrogen) atoms. The van der Waals surface area contributed by atoms with Crippen LogP contribution < -0.4 is 0 Å². The van der Waals surface area contributed by atoms with Gasteiger partial charge in [0.25, 0.3) is 0 Å². The Morgan fingerprint density at radius 3 is 2.61 bits per heavy atom. The molecule has 2 rings (SSSR count). The van der Waals surface area contributed by atoms with E-state index in [9.17, 15) is 14.6 Å². The van der Waals surface area contributed by atoms with Gasteiger partial charge in [0.1, 0.15) is 5.82 Å². The van der Waals surface area contributed by atoms with Crippen molar-refractivity contribution in [2.45, 2.75) is 50.2 Å². The minimum absolute atomic E-state index is 0.273. The molecule has 1 atom stereocenters. The summed E-state index contributed by atoms with van der Waals surface area (Å²) < 4.78 is 13.8. The number of hydrogen-bond donors (Lipinski definition) is 2. The van der Waals surface area contributed by atoms with E-state index in [0.717, 1.165) is 19.3 Å². The first-order valence-corrected chi connectivity index (χ1v) is 7.15. The van der Waals surface area contributed by atoms with Gasteiger partial charge in [0.2, 0.25) is 0 Å². The number of aliphatic hydroxyl groups excluding tert-OH is 1. The van der Waals surface area contributed by atoms with E-state index in [4.69, 9.17) is 0 Å². The van der Waals surface area contributed by atoms with Crippen LogP contribution in [0.25, 0.3) is 0 Å². The van der Waals surface area contributed by atoms with Crippen LogP contribution in [-0.2, 0) is 6.42 Å². The van der Waals surface area contributed by atoms with Gasteiger partial charge in [-0.05, 0) is 40.4 Å². The molecule has 4 heteroatoms. The third-order valence-electron chi connectivity index (χ3n) is 3.78. The summed E-state index contributed by atoms with van der Waals surface area (Å²) in [6, 6.07) is 4.75. The lowest BCUT2D eigenvalue weighted by atomic mass is 9.79. The molecule has 0 aromatic heterocycles. The number of halogens is 2. The van der Waals surface area contributed by atoms with Gasteiger partial charge in [-0.2, -0.15) is 0 Å². The minimum atomic E-state index is -1.01. The quantitative estimate of drug-likeness (QED) is 0.899. The van der Waals surface area contributed by atoms with Crippen LogP contribution in [0.3, 0.4) is 0 Å². The van der Waals surface area contributed by atoms with Crippen LogP contribution in [-0.4, -0.2) is 21.9 Å². The van der Waals surface area contributed by atoms with E-state index >= 15 is 0 Å². The second-order valence-electron chi connectivity index (χ2n) is 5.10. The zero-order valence-corrected chi connectivity index (χ0v) is 11.8. The van der Waals surface area contributed by atoms with Crippen molar-refractivity contribution in [3.8, 4) is 0 Å². The van der Waals surface area contributed by atoms with E-state index in [2.05, 4.69) is 15.9 Å². The van der Waals surface area contributed by atoms with Crippen LogP contribution >= 0.6 is 15.9 Å². The number of rotatable bonds is 3. The van der Waals surface area contributed by atoms with Gasteiger partial charge in [0.05, 0.1) is 16.2 Å². The van der Waals surface area contributed by atoms with E-state index in [1.165, 1.54) is 6.07 Å². The molecule has 100 valence electrons. The monoisotopic (exact) mass is 316 g/mol. The first kappa shape index (κ1) is 14.0. The largest absolute Gasteiger partial charge is 0.390 e. The maximum absolute atomic E-state index is 13.4. The first-order chi connectivity index (χ1) is 8.53. The third-order valence-corrected chi connectivity index (χ3v) is 4.67. The maximum atomic E-state index is 13.4. The van der Waals surface area contributed by atoms with Gasteiger partial charge < -0.3 is 10.2 Å². The summed E-state index contributed by atoms with van der Waals surface area (Å²) in [4.78, 5) is 0.